The fourth-order valence-corrected chi connectivity index (χ4v) is 1.94. The Kier molecular flexibility index (Phi) is 5.41. The normalized spacial score (nSPS) is 10.4. The first-order valence-corrected chi connectivity index (χ1v) is 6.79. The molecule has 0 heterocycles. The minimum Gasteiger partial charge on any atom is -0.434 e. The van der Waals surface area contributed by atoms with Crippen LogP contribution in [0.1, 0.15) is 17.3 Å². The predicted molar refractivity (Wildman–Crippen MR) is 81.7 cm³/mol. The maximum Gasteiger partial charge on any atom is 0.387 e. The van der Waals surface area contributed by atoms with Crippen LogP contribution in [-0.4, -0.2) is 18.4 Å². The number of hydrogen-bond acceptors (Lipinski definition) is 3. The molecule has 2 aromatic rings. The Balaban J connectivity index is 2.23. The van der Waals surface area contributed by atoms with Gasteiger partial charge in [0.25, 0.3) is 5.91 Å². The van der Waals surface area contributed by atoms with E-state index in [1.807, 2.05) is 0 Å². The van der Waals surface area contributed by atoms with Crippen molar-refractivity contribution in [1.82, 2.24) is 0 Å². The maximum atomic E-state index is 13.6. The summed E-state index contributed by atoms with van der Waals surface area (Å²) in [5, 5.41) is 4.71. The summed E-state index contributed by atoms with van der Waals surface area (Å²) in [6.07, 6.45) is 0. The number of anilines is 2. The lowest BCUT2D eigenvalue weighted by molar-refractivity contribution is -0.114. The summed E-state index contributed by atoms with van der Waals surface area (Å²) in [7, 11) is 0. The number of hydrogen-bond donors (Lipinski definition) is 2. The zero-order valence-electron chi connectivity index (χ0n) is 12.5. The Morgan fingerprint density at radius 3 is 2.46 bits per heavy atom. The first-order valence-electron chi connectivity index (χ1n) is 6.79. The SMILES string of the molecule is CC(=O)Nc1cc(NC(=O)c2ccccc2OC(F)F)ccc1F. The van der Waals surface area contributed by atoms with E-state index in [9.17, 15) is 22.8 Å². The summed E-state index contributed by atoms with van der Waals surface area (Å²) >= 11 is 0. The molecule has 0 spiro atoms. The van der Waals surface area contributed by atoms with Crippen LogP contribution in [0.25, 0.3) is 0 Å². The Morgan fingerprint density at radius 1 is 1.08 bits per heavy atom. The van der Waals surface area contributed by atoms with Crippen molar-refractivity contribution >= 4 is 23.2 Å². The second-order valence-corrected chi connectivity index (χ2v) is 4.70. The summed E-state index contributed by atoms with van der Waals surface area (Å²) in [6.45, 7) is -1.86. The number of halogens is 3. The number of carbonyl (C=O) groups excluding carboxylic acids is 2. The molecule has 0 aliphatic heterocycles. The third-order valence-electron chi connectivity index (χ3n) is 2.88. The van der Waals surface area contributed by atoms with Gasteiger partial charge in [-0.2, -0.15) is 8.78 Å². The van der Waals surface area contributed by atoms with Crippen LogP contribution in [0.5, 0.6) is 5.75 Å². The highest BCUT2D eigenvalue weighted by Gasteiger charge is 2.16. The molecular weight excluding hydrogens is 325 g/mol. The van der Waals surface area contributed by atoms with Crippen molar-refractivity contribution in [2.45, 2.75) is 13.5 Å². The molecule has 0 radical (unpaired) electrons. The minimum atomic E-state index is -3.07. The third-order valence-corrected chi connectivity index (χ3v) is 2.88. The Labute approximate surface area is 135 Å². The van der Waals surface area contributed by atoms with Crippen LogP contribution in [0.4, 0.5) is 24.5 Å². The highest BCUT2D eigenvalue weighted by molar-refractivity contribution is 6.06. The molecule has 2 amide bonds. The molecule has 2 aromatic carbocycles. The predicted octanol–water partition coefficient (Wildman–Crippen LogP) is 3.64. The van der Waals surface area contributed by atoms with Crippen molar-refractivity contribution < 1.29 is 27.5 Å². The molecule has 2 rings (SSSR count). The number of nitrogens with one attached hydrogen (secondary N) is 2. The maximum absolute atomic E-state index is 13.6. The smallest absolute Gasteiger partial charge is 0.387 e. The summed E-state index contributed by atoms with van der Waals surface area (Å²) in [5.41, 5.74) is -0.0439. The largest absolute Gasteiger partial charge is 0.434 e. The lowest BCUT2D eigenvalue weighted by Crippen LogP contribution is -2.15. The highest BCUT2D eigenvalue weighted by atomic mass is 19.3. The number of rotatable bonds is 5. The lowest BCUT2D eigenvalue weighted by atomic mass is 10.1. The van der Waals surface area contributed by atoms with Gasteiger partial charge in [-0.1, -0.05) is 12.1 Å². The van der Waals surface area contributed by atoms with Gasteiger partial charge in [-0.3, -0.25) is 9.59 Å². The van der Waals surface area contributed by atoms with Crippen LogP contribution in [0.2, 0.25) is 0 Å². The molecule has 0 aliphatic carbocycles. The summed E-state index contributed by atoms with van der Waals surface area (Å²) in [5.74, 6) is -2.15. The fraction of sp³-hybridized carbons (Fsp3) is 0.125. The molecule has 0 bridgehead atoms. The van der Waals surface area contributed by atoms with Crippen LogP contribution in [-0.2, 0) is 4.79 Å². The van der Waals surface area contributed by atoms with Crippen molar-refractivity contribution in [3.8, 4) is 5.75 Å². The van der Waals surface area contributed by atoms with E-state index in [0.717, 1.165) is 6.07 Å². The molecule has 8 heteroatoms. The number of ether oxygens (including phenoxy) is 1. The van der Waals surface area contributed by atoms with Crippen LogP contribution in [0, 0.1) is 5.82 Å². The molecule has 0 atom stereocenters. The molecule has 24 heavy (non-hydrogen) atoms. The molecule has 126 valence electrons. The summed E-state index contributed by atoms with van der Waals surface area (Å²) in [6, 6.07) is 9.02. The van der Waals surface area contributed by atoms with E-state index in [4.69, 9.17) is 0 Å². The number of carbonyl (C=O) groups is 2. The lowest BCUT2D eigenvalue weighted by Gasteiger charge is -2.12. The topological polar surface area (TPSA) is 67.4 Å². The number of amides is 2. The number of para-hydroxylation sites is 1. The van der Waals surface area contributed by atoms with Gasteiger partial charge >= 0.3 is 6.61 Å². The average molecular weight is 338 g/mol. The van der Waals surface area contributed by atoms with Crippen molar-refractivity contribution in [1.29, 1.82) is 0 Å². The third kappa shape index (κ3) is 4.48. The first-order chi connectivity index (χ1) is 11.4. The summed E-state index contributed by atoms with van der Waals surface area (Å²) < 4.78 is 42.6. The van der Waals surface area contributed by atoms with Gasteiger partial charge in [-0.05, 0) is 30.3 Å². The number of alkyl halides is 2. The average Bonchev–Trinajstić information content (AvgIpc) is 2.50. The minimum absolute atomic E-state index is 0.108. The molecule has 0 saturated heterocycles. The van der Waals surface area contributed by atoms with E-state index < -0.39 is 24.2 Å². The van der Waals surface area contributed by atoms with Crippen LogP contribution < -0.4 is 15.4 Å². The monoisotopic (exact) mass is 338 g/mol. The van der Waals surface area contributed by atoms with Gasteiger partial charge in [-0.25, -0.2) is 4.39 Å². The van der Waals surface area contributed by atoms with Gasteiger partial charge in [-0.15, -0.1) is 0 Å². The van der Waals surface area contributed by atoms with E-state index in [2.05, 4.69) is 15.4 Å². The van der Waals surface area contributed by atoms with Crippen LogP contribution in [0.3, 0.4) is 0 Å². The van der Waals surface area contributed by atoms with Gasteiger partial charge in [0, 0.05) is 12.6 Å². The number of benzene rings is 2. The molecule has 5 nitrogen and oxygen atoms in total. The molecule has 0 saturated carbocycles. The van der Waals surface area contributed by atoms with Gasteiger partial charge in [0.2, 0.25) is 5.91 Å². The Bertz CT molecular complexity index is 766. The zero-order chi connectivity index (χ0) is 17.7. The second kappa shape index (κ2) is 7.49. The molecule has 0 aromatic heterocycles. The Morgan fingerprint density at radius 2 is 1.79 bits per heavy atom. The quantitative estimate of drug-likeness (QED) is 0.875. The van der Waals surface area contributed by atoms with Crippen molar-refractivity contribution in [3.63, 3.8) is 0 Å². The first kappa shape index (κ1) is 17.3. The van der Waals surface area contributed by atoms with Crippen molar-refractivity contribution in [2.75, 3.05) is 10.6 Å². The molecule has 0 unspecified atom stereocenters. The van der Waals surface area contributed by atoms with Crippen LogP contribution in [0.15, 0.2) is 42.5 Å². The molecule has 0 fully saturated rings. The molecular formula is C16H13F3N2O3. The van der Waals surface area contributed by atoms with Crippen LogP contribution >= 0.6 is 0 Å². The van der Waals surface area contributed by atoms with Gasteiger partial charge in [0.05, 0.1) is 11.3 Å². The van der Waals surface area contributed by atoms with Crippen molar-refractivity contribution in [3.05, 3.63) is 53.8 Å². The van der Waals surface area contributed by atoms with Gasteiger partial charge in [0.1, 0.15) is 11.6 Å². The van der Waals surface area contributed by atoms with Crippen molar-refractivity contribution in [2.24, 2.45) is 0 Å². The highest BCUT2D eigenvalue weighted by Crippen LogP contribution is 2.24. The van der Waals surface area contributed by atoms with Gasteiger partial charge < -0.3 is 15.4 Å². The standard InChI is InChI=1S/C16H13F3N2O3/c1-9(22)20-13-8-10(6-7-12(13)17)21-15(23)11-4-2-3-5-14(11)24-16(18)19/h2-8,16H,1H3,(H,20,22)(H,21,23). The zero-order valence-corrected chi connectivity index (χ0v) is 12.5. The molecule has 0 aliphatic rings. The summed E-state index contributed by atoms with van der Waals surface area (Å²) in [4.78, 5) is 23.2. The van der Waals surface area contributed by atoms with E-state index in [0.29, 0.717) is 0 Å². The van der Waals surface area contributed by atoms with E-state index in [1.54, 1.807) is 0 Å². The Hall–Kier alpha value is -3.03. The van der Waals surface area contributed by atoms with E-state index >= 15 is 0 Å². The molecule has 2 N–H and O–H groups in total. The second-order valence-electron chi connectivity index (χ2n) is 4.70. The van der Waals surface area contributed by atoms with E-state index in [1.165, 1.54) is 43.3 Å². The fourth-order valence-electron chi connectivity index (χ4n) is 1.94. The van der Waals surface area contributed by atoms with E-state index in [-0.39, 0.29) is 22.7 Å². The van der Waals surface area contributed by atoms with Gasteiger partial charge in [0.15, 0.2) is 0 Å².